The van der Waals surface area contributed by atoms with Gasteiger partial charge in [-0.2, -0.15) is 0 Å². The highest BCUT2D eigenvalue weighted by Crippen LogP contribution is 2.42. The molecule has 3 aromatic heterocycles. The second-order valence-corrected chi connectivity index (χ2v) is 16.9. The van der Waals surface area contributed by atoms with Crippen LogP contribution in [0.2, 0.25) is 0 Å². The van der Waals surface area contributed by atoms with E-state index in [2.05, 4.69) is 130 Å². The van der Waals surface area contributed by atoms with Crippen molar-refractivity contribution in [1.82, 2.24) is 34.5 Å². The lowest BCUT2D eigenvalue weighted by Gasteiger charge is -2.17. The first-order valence-corrected chi connectivity index (χ1v) is 21.4. The molecule has 0 spiro atoms. The largest absolute Gasteiger partial charge is 0.308 e. The lowest BCUT2D eigenvalue weighted by Crippen LogP contribution is -2.05. The Kier molecular flexibility index (Phi) is 9.83. The molecule has 0 amide bonds. The van der Waals surface area contributed by atoms with Gasteiger partial charge in [0.15, 0.2) is 23.3 Å². The summed E-state index contributed by atoms with van der Waals surface area (Å²) in [7, 11) is 0. The van der Waals surface area contributed by atoms with Crippen LogP contribution in [0.15, 0.2) is 140 Å². The molecule has 0 radical (unpaired) electrons. The van der Waals surface area contributed by atoms with Crippen molar-refractivity contribution in [3.8, 4) is 73.5 Å². The van der Waals surface area contributed by atoms with Crippen molar-refractivity contribution < 1.29 is 0 Å². The lowest BCUT2D eigenvalue weighted by atomic mass is 9.91. The molecule has 7 heteroatoms. The van der Waals surface area contributed by atoms with Crippen LogP contribution >= 0.6 is 0 Å². The van der Waals surface area contributed by atoms with E-state index in [1.165, 1.54) is 55.6 Å². The fourth-order valence-electron chi connectivity index (χ4n) is 9.59. The quantitative estimate of drug-likeness (QED) is 0.159. The fourth-order valence-corrected chi connectivity index (χ4v) is 9.59. The van der Waals surface area contributed by atoms with Crippen LogP contribution in [-0.2, 0) is 0 Å². The summed E-state index contributed by atoms with van der Waals surface area (Å²) in [6, 6.07) is 49.6. The number of benzene rings is 7. The van der Waals surface area contributed by atoms with Crippen molar-refractivity contribution >= 4 is 21.8 Å². The maximum Gasteiger partial charge on any atom is 0.166 e. The van der Waals surface area contributed by atoms with Gasteiger partial charge in [-0.1, -0.05) is 108 Å². The third kappa shape index (κ3) is 7.25. The minimum atomic E-state index is 0.544. The van der Waals surface area contributed by atoms with Gasteiger partial charge in [0.2, 0.25) is 0 Å². The second kappa shape index (κ2) is 15.7. The van der Waals surface area contributed by atoms with Crippen LogP contribution in [0.5, 0.6) is 0 Å². The minimum absolute atomic E-state index is 0.544. The highest BCUT2D eigenvalue weighted by Gasteiger charge is 2.23. The lowest BCUT2D eigenvalue weighted by molar-refractivity contribution is 0.928. The number of nitrogens with zero attached hydrogens (tertiary/aromatic N) is 7. The van der Waals surface area contributed by atoms with Crippen molar-refractivity contribution in [2.45, 2.75) is 55.4 Å². The Hall–Kier alpha value is -7.64. The van der Waals surface area contributed by atoms with Crippen LogP contribution in [0.1, 0.15) is 45.0 Å². The van der Waals surface area contributed by atoms with Gasteiger partial charge in [0.05, 0.1) is 16.7 Å². The summed E-state index contributed by atoms with van der Waals surface area (Å²) in [5.41, 5.74) is 19.1. The topological polar surface area (TPSA) is 82.3 Å². The molecule has 7 aromatic carbocycles. The van der Waals surface area contributed by atoms with E-state index < -0.39 is 0 Å². The number of rotatable bonds is 7. The Bertz CT molecular complexity index is 3180. The van der Waals surface area contributed by atoms with Gasteiger partial charge in [-0.05, 0) is 142 Å². The van der Waals surface area contributed by atoms with Crippen molar-refractivity contribution in [3.05, 3.63) is 185 Å². The molecule has 0 aliphatic rings. The zero-order chi connectivity index (χ0) is 43.5. The van der Waals surface area contributed by atoms with Gasteiger partial charge in [-0.25, -0.2) is 29.9 Å². The van der Waals surface area contributed by atoms with Crippen LogP contribution in [0, 0.1) is 55.4 Å². The monoisotopic (exact) mass is 817 g/mol. The predicted octanol–water partition coefficient (Wildman–Crippen LogP) is 13.6. The molecule has 10 rings (SSSR count). The number of fused-ring (bicyclic) bond motifs is 3. The summed E-state index contributed by atoms with van der Waals surface area (Å²) in [4.78, 5) is 29.7. The molecule has 0 saturated heterocycles. The molecule has 0 atom stereocenters. The van der Waals surface area contributed by atoms with Crippen molar-refractivity contribution in [1.29, 1.82) is 0 Å². The molecular weight excluding hydrogens is 771 g/mol. The van der Waals surface area contributed by atoms with E-state index in [9.17, 15) is 0 Å². The molecule has 7 nitrogen and oxygen atoms in total. The zero-order valence-electron chi connectivity index (χ0n) is 36.9. The Balaban J connectivity index is 1.30. The van der Waals surface area contributed by atoms with Crippen LogP contribution in [0.4, 0.5) is 0 Å². The van der Waals surface area contributed by atoms with Gasteiger partial charge in [0.25, 0.3) is 0 Å². The first kappa shape index (κ1) is 39.5. The summed E-state index contributed by atoms with van der Waals surface area (Å²) in [5, 5.41) is 2.32. The first-order chi connectivity index (χ1) is 30.5. The smallest absolute Gasteiger partial charge is 0.166 e. The Labute approximate surface area is 368 Å². The van der Waals surface area contributed by atoms with Crippen LogP contribution in [-0.4, -0.2) is 34.5 Å². The number of aromatic nitrogens is 7. The van der Waals surface area contributed by atoms with E-state index in [1.54, 1.807) is 0 Å². The van der Waals surface area contributed by atoms with Crippen molar-refractivity contribution in [2.75, 3.05) is 0 Å². The van der Waals surface area contributed by atoms with Gasteiger partial charge in [0.1, 0.15) is 11.6 Å². The van der Waals surface area contributed by atoms with E-state index in [0.717, 1.165) is 49.7 Å². The SMILES string of the molecule is Cc1cc(C)c(-c2ccc3c(c2)c2cc(-c4c(C)cc(C)cc4C)ccc2n3-c2ccc(-c3nc(C)nc(C)n3)cc2-c2nc(-c3ccccc3)nc(-c3ccccc3)n2)c(C)c1. The number of aryl methyl sites for hydroxylation is 8. The van der Waals surface area contributed by atoms with Gasteiger partial charge in [0, 0.05) is 33.0 Å². The maximum atomic E-state index is 5.27. The summed E-state index contributed by atoms with van der Waals surface area (Å²) >= 11 is 0. The van der Waals surface area contributed by atoms with E-state index in [4.69, 9.17) is 24.9 Å². The Morgan fingerprint density at radius 1 is 0.333 bits per heavy atom. The van der Waals surface area contributed by atoms with E-state index >= 15 is 0 Å². The van der Waals surface area contributed by atoms with Crippen molar-refractivity contribution in [2.24, 2.45) is 0 Å². The van der Waals surface area contributed by atoms with Gasteiger partial charge < -0.3 is 4.57 Å². The Morgan fingerprint density at radius 3 is 1.21 bits per heavy atom. The molecule has 0 fully saturated rings. The first-order valence-electron chi connectivity index (χ1n) is 21.4. The standard InChI is InChI=1S/C56H47N7/c1-32-25-34(3)51(35(4)26-32)42-19-22-48-45(29-42)46-30-43(52-36(5)27-33(2)28-37(52)6)20-23-49(46)63(48)50-24-21-44(55-58-38(7)57-39(8)59-55)31-47(50)56-61-53(40-15-11-9-12-16-40)60-54(62-56)41-17-13-10-14-18-41/h9-31H,1-8H3. The summed E-state index contributed by atoms with van der Waals surface area (Å²) in [5.74, 6) is 3.64. The van der Waals surface area contributed by atoms with Gasteiger partial charge in [-0.3, -0.25) is 0 Å². The zero-order valence-corrected chi connectivity index (χ0v) is 36.9. The molecule has 0 aliphatic heterocycles. The number of hydrogen-bond acceptors (Lipinski definition) is 6. The third-order valence-corrected chi connectivity index (χ3v) is 12.0. The maximum absolute atomic E-state index is 5.27. The molecular formula is C56H47N7. The second-order valence-electron chi connectivity index (χ2n) is 16.9. The predicted molar refractivity (Wildman–Crippen MR) is 258 cm³/mol. The van der Waals surface area contributed by atoms with Crippen LogP contribution in [0.3, 0.4) is 0 Å². The number of hydrogen-bond donors (Lipinski definition) is 0. The summed E-state index contributed by atoms with van der Waals surface area (Å²) in [6.45, 7) is 17.0. The molecule has 10 aromatic rings. The van der Waals surface area contributed by atoms with Crippen LogP contribution < -0.4 is 0 Å². The fraction of sp³-hybridized carbons (Fsp3) is 0.143. The highest BCUT2D eigenvalue weighted by molar-refractivity contribution is 6.12. The molecule has 0 saturated carbocycles. The molecule has 0 bridgehead atoms. The van der Waals surface area contributed by atoms with Crippen LogP contribution in [0.25, 0.3) is 95.3 Å². The average molecular weight is 818 g/mol. The van der Waals surface area contributed by atoms with E-state index in [1.807, 2.05) is 74.5 Å². The average Bonchev–Trinajstić information content (AvgIpc) is 3.58. The minimum Gasteiger partial charge on any atom is -0.308 e. The molecule has 63 heavy (non-hydrogen) atoms. The molecule has 0 aliphatic carbocycles. The molecule has 0 N–H and O–H groups in total. The normalized spacial score (nSPS) is 11.5. The van der Waals surface area contributed by atoms with Crippen molar-refractivity contribution in [3.63, 3.8) is 0 Å². The Morgan fingerprint density at radius 2 is 0.746 bits per heavy atom. The van der Waals surface area contributed by atoms with Gasteiger partial charge in [-0.15, -0.1) is 0 Å². The highest BCUT2D eigenvalue weighted by atomic mass is 15.1. The molecule has 0 unspecified atom stereocenters. The summed E-state index contributed by atoms with van der Waals surface area (Å²) < 4.78 is 2.37. The van der Waals surface area contributed by atoms with E-state index in [0.29, 0.717) is 34.9 Å². The third-order valence-electron chi connectivity index (χ3n) is 12.0. The molecule has 306 valence electrons. The molecule has 3 heterocycles. The van der Waals surface area contributed by atoms with E-state index in [-0.39, 0.29) is 0 Å². The van der Waals surface area contributed by atoms with Gasteiger partial charge >= 0.3 is 0 Å². The summed E-state index contributed by atoms with van der Waals surface area (Å²) in [6.07, 6.45) is 0.